The summed E-state index contributed by atoms with van der Waals surface area (Å²) in [5, 5.41) is 14.5. The van der Waals surface area contributed by atoms with Gasteiger partial charge in [-0.1, -0.05) is 23.2 Å². The number of hydrogen-bond acceptors (Lipinski definition) is 4. The van der Waals surface area contributed by atoms with Gasteiger partial charge < -0.3 is 10.2 Å². The number of nitro benzene ring substituents is 1. The van der Waals surface area contributed by atoms with Crippen LogP contribution in [-0.4, -0.2) is 31.1 Å². The maximum Gasteiger partial charge on any atom is 0.272 e. The predicted molar refractivity (Wildman–Crippen MR) is 72.8 cm³/mol. The molecule has 0 bridgehead atoms. The number of non-ortho nitro benzene ring substituents is 1. The van der Waals surface area contributed by atoms with Crippen LogP contribution in [0.3, 0.4) is 0 Å². The van der Waals surface area contributed by atoms with Crippen molar-refractivity contribution in [3.8, 4) is 0 Å². The molecule has 0 radical (unpaired) electrons. The van der Waals surface area contributed by atoms with E-state index >= 15 is 0 Å². The second-order valence-electron chi connectivity index (χ2n) is 4.24. The fraction of sp³-hybridized carbons (Fsp3) is 0.455. The molecule has 1 atom stereocenters. The predicted octanol–water partition coefficient (Wildman–Crippen LogP) is 2.70. The van der Waals surface area contributed by atoms with E-state index in [9.17, 15) is 10.1 Å². The standard InChI is InChI=1S/C11H13Cl2N3O2/c1-14-7-2-3-15(6-7)11-9(12)4-8(16(17)18)5-10(11)13/h4-5,7,14H,2-3,6H2,1H3. The molecule has 0 spiro atoms. The van der Waals surface area contributed by atoms with Crippen molar-refractivity contribution >= 4 is 34.6 Å². The fourth-order valence-corrected chi connectivity index (χ4v) is 2.87. The first-order chi connectivity index (χ1) is 8.52. The molecule has 1 unspecified atom stereocenters. The topological polar surface area (TPSA) is 58.4 Å². The van der Waals surface area contributed by atoms with E-state index < -0.39 is 4.92 Å². The molecule has 0 aliphatic carbocycles. The van der Waals surface area contributed by atoms with E-state index in [0.29, 0.717) is 21.8 Å². The van der Waals surface area contributed by atoms with Crippen molar-refractivity contribution in [2.45, 2.75) is 12.5 Å². The molecule has 2 rings (SSSR count). The number of anilines is 1. The fourth-order valence-electron chi connectivity index (χ4n) is 2.16. The van der Waals surface area contributed by atoms with Gasteiger partial charge in [-0.3, -0.25) is 10.1 Å². The molecule has 1 fully saturated rings. The van der Waals surface area contributed by atoms with Gasteiger partial charge in [-0.15, -0.1) is 0 Å². The first-order valence-corrected chi connectivity index (χ1v) is 6.34. The normalized spacial score (nSPS) is 19.3. The zero-order valence-electron chi connectivity index (χ0n) is 9.82. The Hall–Kier alpha value is -1.04. The van der Waals surface area contributed by atoms with Gasteiger partial charge >= 0.3 is 0 Å². The van der Waals surface area contributed by atoms with E-state index in [1.54, 1.807) is 0 Å². The Morgan fingerprint density at radius 1 is 1.44 bits per heavy atom. The van der Waals surface area contributed by atoms with Crippen molar-refractivity contribution in [3.05, 3.63) is 32.3 Å². The van der Waals surface area contributed by atoms with Crippen LogP contribution in [0, 0.1) is 10.1 Å². The monoisotopic (exact) mass is 289 g/mol. The van der Waals surface area contributed by atoms with Crippen molar-refractivity contribution < 1.29 is 4.92 Å². The van der Waals surface area contributed by atoms with Crippen molar-refractivity contribution in [1.82, 2.24) is 5.32 Å². The summed E-state index contributed by atoms with van der Waals surface area (Å²) in [5.74, 6) is 0. The zero-order valence-corrected chi connectivity index (χ0v) is 11.3. The summed E-state index contributed by atoms with van der Waals surface area (Å²) in [6.45, 7) is 1.64. The second kappa shape index (κ2) is 5.30. The highest BCUT2D eigenvalue weighted by atomic mass is 35.5. The van der Waals surface area contributed by atoms with E-state index in [-0.39, 0.29) is 5.69 Å². The third-order valence-electron chi connectivity index (χ3n) is 3.13. The molecule has 18 heavy (non-hydrogen) atoms. The Bertz CT molecular complexity index is 458. The van der Waals surface area contributed by atoms with Crippen LogP contribution < -0.4 is 10.2 Å². The number of nitrogens with zero attached hydrogens (tertiary/aromatic N) is 2. The first kappa shape index (κ1) is 13.4. The number of halogens is 2. The van der Waals surface area contributed by atoms with Gasteiger partial charge in [-0.05, 0) is 13.5 Å². The Labute approximate surface area is 115 Å². The summed E-state index contributed by atoms with van der Waals surface area (Å²) in [4.78, 5) is 12.3. The molecule has 98 valence electrons. The van der Waals surface area contributed by atoms with E-state index in [1.165, 1.54) is 12.1 Å². The highest BCUT2D eigenvalue weighted by Crippen LogP contribution is 2.38. The van der Waals surface area contributed by atoms with E-state index in [1.807, 2.05) is 7.05 Å². The van der Waals surface area contributed by atoms with E-state index in [0.717, 1.165) is 19.5 Å². The number of likely N-dealkylation sites (N-methyl/N-ethyl adjacent to an activating group) is 1. The zero-order chi connectivity index (χ0) is 13.3. The minimum atomic E-state index is -0.498. The molecule has 0 saturated carbocycles. The minimum Gasteiger partial charge on any atom is -0.367 e. The smallest absolute Gasteiger partial charge is 0.272 e. The molecule has 1 saturated heterocycles. The van der Waals surface area contributed by atoms with Crippen LogP contribution in [0.1, 0.15) is 6.42 Å². The van der Waals surface area contributed by atoms with Gasteiger partial charge in [0.05, 0.1) is 20.7 Å². The number of benzene rings is 1. The van der Waals surface area contributed by atoms with Gasteiger partial charge in [0, 0.05) is 31.3 Å². The van der Waals surface area contributed by atoms with Gasteiger partial charge in [0.2, 0.25) is 0 Å². The maximum absolute atomic E-state index is 10.7. The van der Waals surface area contributed by atoms with Gasteiger partial charge in [-0.2, -0.15) is 0 Å². The van der Waals surface area contributed by atoms with Crippen LogP contribution >= 0.6 is 23.2 Å². The molecule has 0 aromatic heterocycles. The highest BCUT2D eigenvalue weighted by molar-refractivity contribution is 6.39. The van der Waals surface area contributed by atoms with Gasteiger partial charge in [0.15, 0.2) is 0 Å². The molecule has 1 heterocycles. The molecular formula is C11H13Cl2N3O2. The third-order valence-corrected chi connectivity index (χ3v) is 3.70. The van der Waals surface area contributed by atoms with Crippen LogP contribution in [0.2, 0.25) is 10.0 Å². The number of hydrogen-bond donors (Lipinski definition) is 1. The SMILES string of the molecule is CNC1CCN(c2c(Cl)cc([N+](=O)[O-])cc2Cl)C1. The lowest BCUT2D eigenvalue weighted by Gasteiger charge is -2.21. The lowest BCUT2D eigenvalue weighted by atomic mass is 10.2. The molecule has 1 N–H and O–H groups in total. The lowest BCUT2D eigenvalue weighted by Crippen LogP contribution is -2.29. The number of nitro groups is 1. The average Bonchev–Trinajstić information content (AvgIpc) is 2.76. The molecule has 1 aromatic rings. The molecule has 0 amide bonds. The third kappa shape index (κ3) is 2.53. The van der Waals surface area contributed by atoms with Crippen LogP contribution in [0.5, 0.6) is 0 Å². The molecule has 1 aliphatic heterocycles. The average molecular weight is 290 g/mol. The Balaban J connectivity index is 2.32. The largest absolute Gasteiger partial charge is 0.367 e. The van der Waals surface area contributed by atoms with Crippen LogP contribution in [0.4, 0.5) is 11.4 Å². The molecular weight excluding hydrogens is 277 g/mol. The Kier molecular flexibility index (Phi) is 3.94. The van der Waals surface area contributed by atoms with Crippen molar-refractivity contribution in [3.63, 3.8) is 0 Å². The molecule has 1 aliphatic rings. The number of rotatable bonds is 3. The van der Waals surface area contributed by atoms with Crippen molar-refractivity contribution in [2.24, 2.45) is 0 Å². The van der Waals surface area contributed by atoms with E-state index in [2.05, 4.69) is 10.2 Å². The van der Waals surface area contributed by atoms with Crippen LogP contribution in [-0.2, 0) is 0 Å². The molecule has 5 nitrogen and oxygen atoms in total. The molecule has 7 heteroatoms. The summed E-state index contributed by atoms with van der Waals surface area (Å²) >= 11 is 12.2. The number of nitrogens with one attached hydrogen (secondary N) is 1. The summed E-state index contributed by atoms with van der Waals surface area (Å²) < 4.78 is 0. The van der Waals surface area contributed by atoms with Crippen molar-refractivity contribution in [1.29, 1.82) is 0 Å². The summed E-state index contributed by atoms with van der Waals surface area (Å²) in [6.07, 6.45) is 1.00. The van der Waals surface area contributed by atoms with Crippen molar-refractivity contribution in [2.75, 3.05) is 25.0 Å². The first-order valence-electron chi connectivity index (χ1n) is 5.58. The second-order valence-corrected chi connectivity index (χ2v) is 5.05. The summed E-state index contributed by atoms with van der Waals surface area (Å²) in [5.41, 5.74) is 0.597. The highest BCUT2D eigenvalue weighted by Gasteiger charge is 2.26. The lowest BCUT2D eigenvalue weighted by molar-refractivity contribution is -0.384. The van der Waals surface area contributed by atoms with Crippen LogP contribution in [0.25, 0.3) is 0 Å². The maximum atomic E-state index is 10.7. The van der Waals surface area contributed by atoms with Gasteiger partial charge in [0.1, 0.15) is 0 Å². The van der Waals surface area contributed by atoms with Gasteiger partial charge in [0.25, 0.3) is 5.69 Å². The quantitative estimate of drug-likeness (QED) is 0.687. The van der Waals surface area contributed by atoms with Crippen LogP contribution in [0.15, 0.2) is 12.1 Å². The summed E-state index contributed by atoms with van der Waals surface area (Å²) in [7, 11) is 1.91. The minimum absolute atomic E-state index is 0.0851. The molecule has 1 aromatic carbocycles. The Morgan fingerprint density at radius 3 is 2.50 bits per heavy atom. The Morgan fingerprint density at radius 2 is 2.06 bits per heavy atom. The van der Waals surface area contributed by atoms with Gasteiger partial charge in [-0.25, -0.2) is 0 Å². The summed E-state index contributed by atoms with van der Waals surface area (Å²) in [6, 6.07) is 3.08. The van der Waals surface area contributed by atoms with E-state index in [4.69, 9.17) is 23.2 Å².